The highest BCUT2D eigenvalue weighted by Gasteiger charge is 2.21. The topological polar surface area (TPSA) is 98.5 Å². The van der Waals surface area contributed by atoms with Gasteiger partial charge in [0, 0.05) is 24.5 Å². The molecule has 0 aliphatic heterocycles. The second-order valence-electron chi connectivity index (χ2n) is 5.55. The molecule has 3 rings (SSSR count). The average Bonchev–Trinajstić information content (AvgIpc) is 3.30. The maximum atomic E-state index is 12.5. The lowest BCUT2D eigenvalue weighted by Gasteiger charge is -2.11. The number of hydrogen-bond donors (Lipinski definition) is 1. The van der Waals surface area contributed by atoms with E-state index in [0.717, 1.165) is 17.0 Å². The minimum absolute atomic E-state index is 0.158. The van der Waals surface area contributed by atoms with Crippen LogP contribution in [0, 0.1) is 0 Å². The van der Waals surface area contributed by atoms with E-state index in [0.29, 0.717) is 22.7 Å². The number of aromatic nitrogens is 6. The summed E-state index contributed by atoms with van der Waals surface area (Å²) in [6, 6.07) is 3.76. The Morgan fingerprint density at radius 1 is 1.41 bits per heavy atom. The van der Waals surface area contributed by atoms with Gasteiger partial charge >= 0.3 is 0 Å². The molecule has 0 radical (unpaired) electrons. The summed E-state index contributed by atoms with van der Waals surface area (Å²) in [4.78, 5) is 16.6. The van der Waals surface area contributed by atoms with Crippen LogP contribution in [0.2, 0.25) is 0 Å². The van der Waals surface area contributed by atoms with Crippen molar-refractivity contribution in [1.82, 2.24) is 29.9 Å². The van der Waals surface area contributed by atoms with Crippen LogP contribution in [0.25, 0.3) is 11.4 Å². The summed E-state index contributed by atoms with van der Waals surface area (Å²) >= 11 is 2.71. The molecule has 0 saturated carbocycles. The predicted molar refractivity (Wildman–Crippen MR) is 107 cm³/mol. The molecule has 140 valence electrons. The van der Waals surface area contributed by atoms with E-state index in [2.05, 4.69) is 37.3 Å². The molecule has 27 heavy (non-hydrogen) atoms. The van der Waals surface area contributed by atoms with E-state index < -0.39 is 0 Å². The fraction of sp³-hybridized carbons (Fsp3) is 0.294. The van der Waals surface area contributed by atoms with Crippen molar-refractivity contribution in [3.63, 3.8) is 0 Å². The van der Waals surface area contributed by atoms with E-state index >= 15 is 0 Å². The van der Waals surface area contributed by atoms with E-state index in [1.165, 1.54) is 23.1 Å². The quantitative estimate of drug-likeness (QED) is 0.457. The summed E-state index contributed by atoms with van der Waals surface area (Å²) in [5.41, 5.74) is 0.858. The number of allylic oxidation sites excluding steroid dienone is 1. The normalized spacial score (nSPS) is 11.9. The molecule has 0 unspecified atom stereocenters. The maximum absolute atomic E-state index is 12.5. The van der Waals surface area contributed by atoms with Gasteiger partial charge in [-0.15, -0.1) is 27.0 Å². The van der Waals surface area contributed by atoms with Crippen molar-refractivity contribution in [2.45, 2.75) is 37.2 Å². The van der Waals surface area contributed by atoms with Crippen LogP contribution >= 0.6 is 23.1 Å². The summed E-state index contributed by atoms with van der Waals surface area (Å²) in [5, 5.41) is 21.0. The van der Waals surface area contributed by atoms with Crippen molar-refractivity contribution in [2.24, 2.45) is 0 Å². The molecular weight excluding hydrogens is 382 g/mol. The number of carbonyl (C=O) groups is 1. The number of pyridine rings is 1. The highest BCUT2D eigenvalue weighted by molar-refractivity contribution is 8.00. The Hall–Kier alpha value is -2.59. The molecule has 0 aromatic carbocycles. The molecule has 10 heteroatoms. The lowest BCUT2D eigenvalue weighted by Crippen LogP contribution is -2.22. The first-order valence-electron chi connectivity index (χ1n) is 8.36. The van der Waals surface area contributed by atoms with Crippen LogP contribution in [0.5, 0.6) is 0 Å². The minimum Gasteiger partial charge on any atom is -0.300 e. The largest absolute Gasteiger partial charge is 0.300 e. The Balaban J connectivity index is 1.75. The number of amides is 1. The molecule has 3 heterocycles. The molecule has 0 fully saturated rings. The third-order valence-electron chi connectivity index (χ3n) is 3.60. The zero-order valence-electron chi connectivity index (χ0n) is 15.0. The van der Waals surface area contributed by atoms with Crippen molar-refractivity contribution >= 4 is 34.1 Å². The van der Waals surface area contributed by atoms with Gasteiger partial charge in [-0.25, -0.2) is 0 Å². The molecule has 1 amide bonds. The highest BCUT2D eigenvalue weighted by Crippen LogP contribution is 2.27. The van der Waals surface area contributed by atoms with Crippen LogP contribution in [-0.4, -0.2) is 41.1 Å². The standard InChI is InChI=1S/C17H19N7OS2/c1-4-9-24-14(12-7-6-8-18-10-12)21-23-17(24)26-11(3)15(25)19-16-22-20-13(5-2)27-16/h4,6-8,10-11H,1,5,9H2,2-3H3,(H,19,22,25)/t11-/m0/s1. The molecule has 1 N–H and O–H groups in total. The third kappa shape index (κ3) is 4.58. The molecule has 0 aliphatic rings. The number of thioether (sulfide) groups is 1. The summed E-state index contributed by atoms with van der Waals surface area (Å²) in [6.45, 7) is 8.14. The van der Waals surface area contributed by atoms with Crippen LogP contribution in [0.4, 0.5) is 5.13 Å². The number of nitrogens with zero attached hydrogens (tertiary/aromatic N) is 6. The average molecular weight is 402 g/mol. The molecule has 8 nitrogen and oxygen atoms in total. The van der Waals surface area contributed by atoms with Crippen LogP contribution in [0.3, 0.4) is 0 Å². The number of rotatable bonds is 8. The molecular formula is C17H19N7OS2. The van der Waals surface area contributed by atoms with Crippen LogP contribution in [0.15, 0.2) is 42.3 Å². The van der Waals surface area contributed by atoms with Crippen molar-refractivity contribution in [3.05, 3.63) is 42.2 Å². The van der Waals surface area contributed by atoms with Crippen molar-refractivity contribution < 1.29 is 4.79 Å². The SMILES string of the molecule is C=CCn1c(S[C@@H](C)C(=O)Nc2nnc(CC)s2)nnc1-c1cccnc1. The van der Waals surface area contributed by atoms with Gasteiger partial charge in [0.1, 0.15) is 5.01 Å². The van der Waals surface area contributed by atoms with Gasteiger partial charge in [0.2, 0.25) is 11.0 Å². The van der Waals surface area contributed by atoms with Gasteiger partial charge in [0.25, 0.3) is 0 Å². The van der Waals surface area contributed by atoms with Crippen LogP contribution in [-0.2, 0) is 17.8 Å². The number of aryl methyl sites for hydroxylation is 1. The van der Waals surface area contributed by atoms with Gasteiger partial charge < -0.3 is 0 Å². The zero-order valence-corrected chi connectivity index (χ0v) is 16.6. The Labute approximate surface area is 165 Å². The van der Waals surface area contributed by atoms with Gasteiger partial charge in [-0.05, 0) is 25.5 Å². The molecule has 0 spiro atoms. The zero-order chi connectivity index (χ0) is 19.2. The highest BCUT2D eigenvalue weighted by atomic mass is 32.2. The van der Waals surface area contributed by atoms with Crippen LogP contribution < -0.4 is 5.32 Å². The number of hydrogen-bond acceptors (Lipinski definition) is 8. The van der Waals surface area contributed by atoms with Gasteiger partial charge in [-0.2, -0.15) is 0 Å². The molecule has 1 atom stereocenters. The first kappa shape index (κ1) is 19.2. The predicted octanol–water partition coefficient (Wildman–Crippen LogP) is 3.06. The maximum Gasteiger partial charge on any atom is 0.239 e. The first-order chi connectivity index (χ1) is 13.1. The van der Waals surface area contributed by atoms with E-state index in [1.807, 2.05) is 30.5 Å². The smallest absolute Gasteiger partial charge is 0.239 e. The number of anilines is 1. The molecule has 3 aromatic rings. The van der Waals surface area contributed by atoms with Gasteiger partial charge in [0.15, 0.2) is 11.0 Å². The van der Waals surface area contributed by atoms with Crippen molar-refractivity contribution in [3.8, 4) is 11.4 Å². The van der Waals surface area contributed by atoms with Crippen molar-refractivity contribution in [2.75, 3.05) is 5.32 Å². The molecule has 0 saturated heterocycles. The first-order valence-corrected chi connectivity index (χ1v) is 10.1. The van der Waals surface area contributed by atoms with E-state index in [4.69, 9.17) is 0 Å². The lowest BCUT2D eigenvalue weighted by atomic mass is 10.3. The Bertz CT molecular complexity index is 923. The lowest BCUT2D eigenvalue weighted by molar-refractivity contribution is -0.115. The Morgan fingerprint density at radius 2 is 2.26 bits per heavy atom. The third-order valence-corrected chi connectivity index (χ3v) is 5.66. The summed E-state index contributed by atoms with van der Waals surface area (Å²) in [6.07, 6.45) is 6.00. The van der Waals surface area contributed by atoms with Gasteiger partial charge in [-0.3, -0.25) is 19.7 Å². The van der Waals surface area contributed by atoms with Gasteiger partial charge in [-0.1, -0.05) is 36.1 Å². The summed E-state index contributed by atoms with van der Waals surface area (Å²) in [7, 11) is 0. The fourth-order valence-electron chi connectivity index (χ4n) is 2.24. The number of nitrogens with one attached hydrogen (secondary N) is 1. The van der Waals surface area contributed by atoms with E-state index in [-0.39, 0.29) is 11.2 Å². The molecule has 0 bridgehead atoms. The fourth-order valence-corrected chi connectivity index (χ4v) is 3.78. The number of carbonyl (C=O) groups excluding carboxylic acids is 1. The van der Waals surface area contributed by atoms with E-state index in [9.17, 15) is 4.79 Å². The van der Waals surface area contributed by atoms with Crippen molar-refractivity contribution in [1.29, 1.82) is 0 Å². The summed E-state index contributed by atoms with van der Waals surface area (Å²) < 4.78 is 1.92. The second kappa shape index (κ2) is 8.87. The van der Waals surface area contributed by atoms with E-state index in [1.54, 1.807) is 18.5 Å². The summed E-state index contributed by atoms with van der Waals surface area (Å²) in [5.74, 6) is 0.532. The monoisotopic (exact) mass is 401 g/mol. The minimum atomic E-state index is -0.381. The molecule has 3 aromatic heterocycles. The second-order valence-corrected chi connectivity index (χ2v) is 7.92. The Morgan fingerprint density at radius 3 is 2.93 bits per heavy atom. The molecule has 0 aliphatic carbocycles. The van der Waals surface area contributed by atoms with Gasteiger partial charge in [0.05, 0.1) is 5.25 Å². The van der Waals surface area contributed by atoms with Crippen LogP contribution in [0.1, 0.15) is 18.9 Å². The Kier molecular flexibility index (Phi) is 6.30.